The molecule has 0 bridgehead atoms. The molecule has 3 rings (SSSR count). The van der Waals surface area contributed by atoms with Crippen molar-refractivity contribution in [2.75, 3.05) is 5.32 Å². The largest absolute Gasteiger partial charge is 0.324 e. The molecule has 0 aliphatic carbocycles. The first kappa shape index (κ1) is 14.7. The Morgan fingerprint density at radius 2 is 1.78 bits per heavy atom. The molecule has 0 radical (unpaired) electrons. The van der Waals surface area contributed by atoms with Crippen LogP contribution in [0.25, 0.3) is 10.4 Å². The Kier molecular flexibility index (Phi) is 3.31. The van der Waals surface area contributed by atoms with Crippen molar-refractivity contribution in [3.05, 3.63) is 75.7 Å². The number of anilines is 1. The number of nitrogens with zero attached hydrogens (tertiary/aromatic N) is 3. The van der Waals surface area contributed by atoms with Crippen LogP contribution in [0.5, 0.6) is 0 Å². The van der Waals surface area contributed by atoms with E-state index in [2.05, 4.69) is 15.3 Å². The lowest BCUT2D eigenvalue weighted by atomic mass is 9.79. The summed E-state index contributed by atoms with van der Waals surface area (Å²) in [5.41, 5.74) is 6.05. The number of benzene rings is 2. The Labute approximate surface area is 128 Å². The lowest BCUT2D eigenvalue weighted by Crippen LogP contribution is -2.49. The molecule has 0 aromatic heterocycles. The van der Waals surface area contributed by atoms with E-state index >= 15 is 0 Å². The third-order valence-electron chi connectivity index (χ3n) is 3.60. The van der Waals surface area contributed by atoms with Gasteiger partial charge < -0.3 is 5.32 Å². The topological polar surface area (TPSA) is 94.9 Å². The average molecular weight is 314 g/mol. The highest BCUT2D eigenvalue weighted by molar-refractivity contribution is 6.27. The maximum atomic E-state index is 14.0. The molecule has 23 heavy (non-hydrogen) atoms. The zero-order chi connectivity index (χ0) is 16.6. The fourth-order valence-electron chi connectivity index (χ4n) is 2.52. The van der Waals surface area contributed by atoms with Gasteiger partial charge in [0.1, 0.15) is 11.6 Å². The maximum absolute atomic E-state index is 14.0. The van der Waals surface area contributed by atoms with Crippen molar-refractivity contribution < 1.29 is 18.4 Å². The zero-order valence-electron chi connectivity index (χ0n) is 11.5. The first-order valence-corrected chi connectivity index (χ1v) is 6.48. The number of hydrogen-bond acceptors (Lipinski definition) is 3. The van der Waals surface area contributed by atoms with Crippen LogP contribution < -0.4 is 5.32 Å². The van der Waals surface area contributed by atoms with Crippen LogP contribution in [0.2, 0.25) is 0 Å². The summed E-state index contributed by atoms with van der Waals surface area (Å²) in [5.74, 6) is -3.38. The lowest BCUT2D eigenvalue weighted by molar-refractivity contribution is -0.120. The number of carbonyl (C=O) groups is 2. The molecule has 8 heteroatoms. The number of rotatable bonds is 2. The van der Waals surface area contributed by atoms with Gasteiger partial charge in [0.15, 0.2) is 5.78 Å². The van der Waals surface area contributed by atoms with Crippen LogP contribution in [0, 0.1) is 11.6 Å². The molecule has 0 saturated heterocycles. The van der Waals surface area contributed by atoms with Crippen LogP contribution in [-0.2, 0) is 10.3 Å². The van der Waals surface area contributed by atoms with Gasteiger partial charge in [0.25, 0.3) is 0 Å². The van der Waals surface area contributed by atoms with Crippen LogP contribution in [0.1, 0.15) is 15.9 Å². The van der Waals surface area contributed by atoms with Gasteiger partial charge in [-0.3, -0.25) is 9.59 Å². The first-order valence-electron chi connectivity index (χ1n) is 6.48. The maximum Gasteiger partial charge on any atom is 0.249 e. The molecule has 2 aromatic carbocycles. The summed E-state index contributed by atoms with van der Waals surface area (Å²) in [5, 5.41) is 5.71. The van der Waals surface area contributed by atoms with Gasteiger partial charge in [0.2, 0.25) is 11.4 Å². The van der Waals surface area contributed by atoms with Gasteiger partial charge in [0.05, 0.1) is 11.3 Å². The quantitative estimate of drug-likeness (QED) is 0.398. The van der Waals surface area contributed by atoms with E-state index in [1.807, 2.05) is 0 Å². The molecule has 114 valence electrons. The molecule has 6 nitrogen and oxygen atoms in total. The van der Waals surface area contributed by atoms with Crippen molar-refractivity contribution in [1.29, 1.82) is 0 Å². The van der Waals surface area contributed by atoms with E-state index < -0.39 is 28.9 Å². The number of nitrogens with one attached hydrogen (secondary N) is 1. The number of amides is 1. The Morgan fingerprint density at radius 3 is 2.43 bits per heavy atom. The van der Waals surface area contributed by atoms with Crippen molar-refractivity contribution in [1.82, 2.24) is 0 Å². The molecule has 1 unspecified atom stereocenters. The second kappa shape index (κ2) is 5.19. The van der Waals surface area contributed by atoms with E-state index in [9.17, 15) is 18.4 Å². The lowest BCUT2D eigenvalue weighted by Gasteiger charge is -2.32. The molecule has 0 saturated carbocycles. The van der Waals surface area contributed by atoms with E-state index in [1.54, 1.807) is 0 Å². The summed E-state index contributed by atoms with van der Waals surface area (Å²) in [6.07, 6.45) is 0. The van der Waals surface area contributed by atoms with Gasteiger partial charge in [0, 0.05) is 4.91 Å². The van der Waals surface area contributed by atoms with Crippen LogP contribution in [0.3, 0.4) is 0 Å². The van der Waals surface area contributed by atoms with Crippen LogP contribution in [-0.4, -0.2) is 11.7 Å². The third-order valence-corrected chi connectivity index (χ3v) is 3.60. The Balaban J connectivity index is 2.31. The summed E-state index contributed by atoms with van der Waals surface area (Å²) in [6.45, 7) is 0. The number of Topliss-reactive ketones (excluding diaryl/α,β-unsaturated/α-hetero) is 1. The molecule has 2 aromatic rings. The number of hydrogen-bond donors (Lipinski definition) is 1. The highest BCUT2D eigenvalue weighted by Crippen LogP contribution is 2.39. The second-order valence-electron chi connectivity index (χ2n) is 4.85. The van der Waals surface area contributed by atoms with Gasteiger partial charge in [-0.2, -0.15) is 0 Å². The highest BCUT2D eigenvalue weighted by atomic mass is 19.1. The van der Waals surface area contributed by atoms with Crippen molar-refractivity contribution in [2.45, 2.75) is 5.54 Å². The Hall–Kier alpha value is -3.25. The SMILES string of the molecule is [N-]=[N+]=NC1(c2ccc(F)cc2)C(=O)Nc2cccc(F)c2C1=O. The first-order chi connectivity index (χ1) is 11.0. The van der Waals surface area contributed by atoms with Gasteiger partial charge >= 0.3 is 0 Å². The zero-order valence-corrected chi connectivity index (χ0v) is 11.5. The van der Waals surface area contributed by atoms with E-state index in [1.165, 1.54) is 12.1 Å². The van der Waals surface area contributed by atoms with Gasteiger partial charge in [-0.15, -0.1) is 0 Å². The van der Waals surface area contributed by atoms with Gasteiger partial charge in [-0.1, -0.05) is 23.3 Å². The van der Waals surface area contributed by atoms with Crippen molar-refractivity contribution in [2.24, 2.45) is 5.11 Å². The molecule has 0 fully saturated rings. The molecule has 1 amide bonds. The van der Waals surface area contributed by atoms with Crippen LogP contribution in [0.15, 0.2) is 47.6 Å². The highest BCUT2D eigenvalue weighted by Gasteiger charge is 2.52. The van der Waals surface area contributed by atoms with E-state index in [-0.39, 0.29) is 16.8 Å². The molecule has 1 heterocycles. The molecule has 1 aliphatic rings. The number of fused-ring (bicyclic) bond motifs is 1. The molecule has 0 spiro atoms. The molecule has 1 N–H and O–H groups in total. The summed E-state index contributed by atoms with van der Waals surface area (Å²) in [6, 6.07) is 8.07. The molecular formula is C15H8F2N4O2. The third kappa shape index (κ3) is 2.04. The molecule has 1 aliphatic heterocycles. The predicted octanol–water partition coefficient (Wildman–Crippen LogP) is 3.31. The fourth-order valence-corrected chi connectivity index (χ4v) is 2.52. The second-order valence-corrected chi connectivity index (χ2v) is 4.85. The van der Waals surface area contributed by atoms with E-state index in [4.69, 9.17) is 5.53 Å². The van der Waals surface area contributed by atoms with E-state index in [0.717, 1.165) is 30.3 Å². The fraction of sp³-hybridized carbons (Fsp3) is 0.0667. The summed E-state index contributed by atoms with van der Waals surface area (Å²) < 4.78 is 27.2. The number of halogens is 2. The minimum Gasteiger partial charge on any atom is -0.324 e. The van der Waals surface area contributed by atoms with Crippen LogP contribution in [0.4, 0.5) is 14.5 Å². The Morgan fingerprint density at radius 1 is 1.09 bits per heavy atom. The van der Waals surface area contributed by atoms with Crippen LogP contribution >= 0.6 is 0 Å². The normalized spacial score (nSPS) is 19.6. The summed E-state index contributed by atoms with van der Waals surface area (Å²) >= 11 is 0. The standard InChI is InChI=1S/C15H8F2N4O2/c16-9-6-4-8(5-7-9)15(20-21-18)13(22)12-10(17)2-1-3-11(12)19-14(15)23/h1-7H,(H,19,23). The number of azide groups is 1. The summed E-state index contributed by atoms with van der Waals surface area (Å²) in [7, 11) is 0. The van der Waals surface area contributed by atoms with E-state index in [0.29, 0.717) is 0 Å². The minimum atomic E-state index is -2.32. The smallest absolute Gasteiger partial charge is 0.249 e. The van der Waals surface area contributed by atoms with Crippen molar-refractivity contribution in [3.63, 3.8) is 0 Å². The molecular weight excluding hydrogens is 306 g/mol. The van der Waals surface area contributed by atoms with Crippen molar-refractivity contribution >= 4 is 17.4 Å². The van der Waals surface area contributed by atoms with Crippen molar-refractivity contribution in [3.8, 4) is 0 Å². The molecule has 1 atom stereocenters. The van der Waals surface area contributed by atoms with Gasteiger partial charge in [-0.25, -0.2) is 8.78 Å². The average Bonchev–Trinajstić information content (AvgIpc) is 2.52. The summed E-state index contributed by atoms with van der Waals surface area (Å²) in [4.78, 5) is 27.8. The Bertz CT molecular complexity index is 876. The number of ketones is 1. The minimum absolute atomic E-state index is 0.00845. The predicted molar refractivity (Wildman–Crippen MR) is 76.6 cm³/mol. The van der Waals surface area contributed by atoms with Gasteiger partial charge in [-0.05, 0) is 35.4 Å². The number of carbonyl (C=O) groups excluding carboxylic acids is 2. The monoisotopic (exact) mass is 314 g/mol.